The molecular weight excluding hydrogens is 340 g/mol. The minimum Gasteiger partial charge on any atom is -0.355 e. The Labute approximate surface area is 157 Å². The van der Waals surface area contributed by atoms with Crippen molar-refractivity contribution in [3.8, 4) is 0 Å². The number of pyridine rings is 1. The van der Waals surface area contributed by atoms with Crippen molar-refractivity contribution < 1.29 is 4.79 Å². The molecule has 1 atom stereocenters. The third-order valence-corrected chi connectivity index (χ3v) is 5.85. The van der Waals surface area contributed by atoms with E-state index in [1.807, 2.05) is 31.1 Å². The number of hydrogen-bond acceptors (Lipinski definition) is 5. The smallest absolute Gasteiger partial charge is 0.227 e. The predicted molar refractivity (Wildman–Crippen MR) is 105 cm³/mol. The fourth-order valence-corrected chi connectivity index (χ4v) is 4.26. The summed E-state index contributed by atoms with van der Waals surface area (Å²) in [6, 6.07) is 2.49. The molecule has 140 valence electrons. The van der Waals surface area contributed by atoms with Gasteiger partial charge in [0, 0.05) is 37.8 Å². The van der Waals surface area contributed by atoms with Crippen LogP contribution in [0.3, 0.4) is 0 Å². The Morgan fingerprint density at radius 2 is 2.15 bits per heavy atom. The maximum Gasteiger partial charge on any atom is 0.227 e. The highest BCUT2D eigenvalue weighted by molar-refractivity contribution is 6.09. The largest absolute Gasteiger partial charge is 0.355 e. The number of piperidine rings is 1. The lowest BCUT2D eigenvalue weighted by molar-refractivity contribution is -0.134. The SMILES string of the molecule is Cc1nc(N2CCCC(C(=O)N(C)C3CC3)C2)c2c(cnc3[nH]ccc32)n1. The number of amides is 1. The molecule has 0 radical (unpaired) electrons. The van der Waals surface area contributed by atoms with Crippen LogP contribution < -0.4 is 4.90 Å². The zero-order valence-corrected chi connectivity index (χ0v) is 15.8. The van der Waals surface area contributed by atoms with Crippen molar-refractivity contribution in [1.82, 2.24) is 24.8 Å². The van der Waals surface area contributed by atoms with Gasteiger partial charge >= 0.3 is 0 Å². The Kier molecular flexibility index (Phi) is 3.77. The molecule has 4 heterocycles. The van der Waals surface area contributed by atoms with Crippen LogP contribution in [0.25, 0.3) is 21.9 Å². The number of carbonyl (C=O) groups excluding carboxylic acids is 1. The van der Waals surface area contributed by atoms with Crippen LogP contribution in [0, 0.1) is 12.8 Å². The lowest BCUT2D eigenvalue weighted by atomic mass is 9.96. The van der Waals surface area contributed by atoms with Gasteiger partial charge in [0.05, 0.1) is 23.0 Å². The Hall–Kier alpha value is -2.70. The van der Waals surface area contributed by atoms with Gasteiger partial charge in [-0.25, -0.2) is 15.0 Å². The number of aromatic amines is 1. The van der Waals surface area contributed by atoms with Gasteiger partial charge in [0.1, 0.15) is 17.3 Å². The summed E-state index contributed by atoms with van der Waals surface area (Å²) in [6.07, 6.45) is 7.95. The first-order valence-electron chi connectivity index (χ1n) is 9.74. The zero-order chi connectivity index (χ0) is 18.5. The number of aryl methyl sites for hydroxylation is 1. The standard InChI is InChI=1S/C20H24N6O/c1-12-23-16-10-22-18-15(7-8-21-18)17(16)19(24-12)26-9-3-4-13(11-26)20(27)25(2)14-5-6-14/h7-8,10,13-14H,3-6,9,11H2,1-2H3,(H,21,22). The lowest BCUT2D eigenvalue weighted by Crippen LogP contribution is -2.44. The molecule has 0 spiro atoms. The van der Waals surface area contributed by atoms with E-state index in [0.29, 0.717) is 6.04 Å². The van der Waals surface area contributed by atoms with Crippen molar-refractivity contribution in [3.05, 3.63) is 24.3 Å². The number of hydrogen-bond donors (Lipinski definition) is 1. The van der Waals surface area contributed by atoms with E-state index in [9.17, 15) is 4.79 Å². The predicted octanol–water partition coefficient (Wildman–Crippen LogP) is 2.65. The second-order valence-corrected chi connectivity index (χ2v) is 7.82. The van der Waals surface area contributed by atoms with Crippen molar-refractivity contribution in [2.45, 2.75) is 38.6 Å². The molecule has 1 amide bonds. The van der Waals surface area contributed by atoms with Crippen molar-refractivity contribution in [3.63, 3.8) is 0 Å². The first kappa shape index (κ1) is 16.5. The second-order valence-electron chi connectivity index (χ2n) is 7.82. The maximum atomic E-state index is 12.9. The zero-order valence-electron chi connectivity index (χ0n) is 15.8. The van der Waals surface area contributed by atoms with Crippen LogP contribution in [-0.4, -0.2) is 56.9 Å². The van der Waals surface area contributed by atoms with Crippen LogP contribution in [0.15, 0.2) is 18.5 Å². The molecule has 1 aliphatic carbocycles. The van der Waals surface area contributed by atoms with Crippen LogP contribution >= 0.6 is 0 Å². The molecule has 27 heavy (non-hydrogen) atoms. The van der Waals surface area contributed by atoms with Crippen molar-refractivity contribution in [2.75, 3.05) is 25.0 Å². The van der Waals surface area contributed by atoms with E-state index < -0.39 is 0 Å². The highest BCUT2D eigenvalue weighted by Crippen LogP contribution is 2.34. The van der Waals surface area contributed by atoms with Crippen LogP contribution in [0.1, 0.15) is 31.5 Å². The van der Waals surface area contributed by atoms with Gasteiger partial charge < -0.3 is 14.8 Å². The Balaban J connectivity index is 1.54. The molecule has 2 fully saturated rings. The highest BCUT2D eigenvalue weighted by Gasteiger charge is 2.35. The molecule has 3 aromatic heterocycles. The monoisotopic (exact) mass is 364 g/mol. The Bertz CT molecular complexity index is 1020. The molecule has 1 saturated carbocycles. The van der Waals surface area contributed by atoms with Crippen molar-refractivity contribution >= 4 is 33.7 Å². The quantitative estimate of drug-likeness (QED) is 0.773. The Morgan fingerprint density at radius 3 is 2.96 bits per heavy atom. The highest BCUT2D eigenvalue weighted by atomic mass is 16.2. The molecule has 0 bridgehead atoms. The summed E-state index contributed by atoms with van der Waals surface area (Å²) in [5.41, 5.74) is 1.70. The summed E-state index contributed by atoms with van der Waals surface area (Å²) >= 11 is 0. The van der Waals surface area contributed by atoms with E-state index in [4.69, 9.17) is 4.98 Å². The van der Waals surface area contributed by atoms with Gasteiger partial charge in [-0.15, -0.1) is 0 Å². The van der Waals surface area contributed by atoms with E-state index in [1.54, 1.807) is 6.20 Å². The number of carbonyl (C=O) groups is 1. The molecular formula is C20H24N6O. The molecule has 1 saturated heterocycles. The number of aromatic nitrogens is 4. The van der Waals surface area contributed by atoms with Crippen molar-refractivity contribution in [2.24, 2.45) is 5.92 Å². The molecule has 1 unspecified atom stereocenters. The second kappa shape index (κ2) is 6.18. The number of fused-ring (bicyclic) bond motifs is 3. The molecule has 0 aromatic carbocycles. The van der Waals surface area contributed by atoms with Gasteiger partial charge in [0.15, 0.2) is 0 Å². The molecule has 1 N–H and O–H groups in total. The lowest BCUT2D eigenvalue weighted by Gasteiger charge is -2.35. The molecule has 3 aromatic rings. The van der Waals surface area contributed by atoms with Crippen LogP contribution in [0.4, 0.5) is 5.82 Å². The van der Waals surface area contributed by atoms with Gasteiger partial charge in [-0.05, 0) is 38.7 Å². The molecule has 5 rings (SSSR count). The number of rotatable bonds is 3. The summed E-state index contributed by atoms with van der Waals surface area (Å²) in [6.45, 7) is 3.55. The van der Waals surface area contributed by atoms with Gasteiger partial charge in [0.25, 0.3) is 0 Å². The Morgan fingerprint density at radius 1 is 1.30 bits per heavy atom. The number of nitrogens with zero attached hydrogens (tertiary/aromatic N) is 5. The van der Waals surface area contributed by atoms with Gasteiger partial charge in [0.2, 0.25) is 5.91 Å². The van der Waals surface area contributed by atoms with Gasteiger partial charge in [-0.2, -0.15) is 0 Å². The first-order chi connectivity index (χ1) is 13.1. The van der Waals surface area contributed by atoms with Crippen LogP contribution in [-0.2, 0) is 4.79 Å². The minimum absolute atomic E-state index is 0.0400. The van der Waals surface area contributed by atoms with Crippen LogP contribution in [0.2, 0.25) is 0 Å². The summed E-state index contributed by atoms with van der Waals surface area (Å²) in [5.74, 6) is 1.98. The number of H-pyrrole nitrogens is 1. The van der Waals surface area contributed by atoms with E-state index >= 15 is 0 Å². The first-order valence-corrected chi connectivity index (χ1v) is 9.74. The summed E-state index contributed by atoms with van der Waals surface area (Å²) in [7, 11) is 1.96. The third kappa shape index (κ3) is 2.81. The van der Waals surface area contributed by atoms with Crippen LogP contribution in [0.5, 0.6) is 0 Å². The average molecular weight is 364 g/mol. The molecule has 1 aliphatic heterocycles. The summed E-state index contributed by atoms with van der Waals surface area (Å²) in [4.78, 5) is 34.2. The van der Waals surface area contributed by atoms with Gasteiger partial charge in [-0.1, -0.05) is 0 Å². The van der Waals surface area contributed by atoms with E-state index in [1.165, 1.54) is 0 Å². The third-order valence-electron chi connectivity index (χ3n) is 5.85. The number of nitrogens with one attached hydrogen (secondary N) is 1. The molecule has 7 heteroatoms. The maximum absolute atomic E-state index is 12.9. The topological polar surface area (TPSA) is 78.0 Å². The fraction of sp³-hybridized carbons (Fsp3) is 0.500. The fourth-order valence-electron chi connectivity index (χ4n) is 4.26. The number of anilines is 1. The van der Waals surface area contributed by atoms with Gasteiger partial charge in [-0.3, -0.25) is 4.79 Å². The van der Waals surface area contributed by atoms with E-state index in [0.717, 1.165) is 72.4 Å². The minimum atomic E-state index is 0.0400. The normalized spacial score (nSPS) is 20.4. The van der Waals surface area contributed by atoms with E-state index in [-0.39, 0.29) is 11.8 Å². The van der Waals surface area contributed by atoms with Crippen molar-refractivity contribution in [1.29, 1.82) is 0 Å². The molecule has 2 aliphatic rings. The summed E-state index contributed by atoms with van der Waals surface area (Å²) < 4.78 is 0. The average Bonchev–Trinajstić information content (AvgIpc) is 3.43. The summed E-state index contributed by atoms with van der Waals surface area (Å²) in [5, 5.41) is 2.06. The van der Waals surface area contributed by atoms with E-state index in [2.05, 4.69) is 19.9 Å². The molecule has 7 nitrogen and oxygen atoms in total.